The van der Waals surface area contributed by atoms with E-state index in [-0.39, 0.29) is 11.6 Å². The van der Waals surface area contributed by atoms with E-state index in [1.807, 2.05) is 0 Å². The molecule has 0 saturated carbocycles. The number of benzene rings is 2. The van der Waals surface area contributed by atoms with Gasteiger partial charge in [0.05, 0.1) is 12.6 Å². The maximum absolute atomic E-state index is 13.7. The molecule has 0 aliphatic heterocycles. The van der Waals surface area contributed by atoms with Crippen molar-refractivity contribution >= 4 is 16.7 Å². The van der Waals surface area contributed by atoms with Gasteiger partial charge in [0.15, 0.2) is 11.6 Å². The Balaban J connectivity index is 1.91. The number of nitrogens with zero attached hydrogens (tertiary/aromatic N) is 2. The van der Waals surface area contributed by atoms with Crippen LogP contribution < -0.4 is 10.1 Å². The summed E-state index contributed by atoms with van der Waals surface area (Å²) in [5, 5.41) is 3.80. The molecule has 0 atom stereocenters. The van der Waals surface area contributed by atoms with Crippen LogP contribution in [0.1, 0.15) is 5.56 Å². The lowest BCUT2D eigenvalue weighted by Gasteiger charge is -2.10. The Kier molecular flexibility index (Phi) is 3.82. The molecular weight excluding hydrogens is 288 g/mol. The molecule has 0 saturated heterocycles. The second kappa shape index (κ2) is 5.93. The van der Waals surface area contributed by atoms with E-state index >= 15 is 0 Å². The van der Waals surface area contributed by atoms with Crippen molar-refractivity contribution in [1.29, 1.82) is 0 Å². The number of hydrogen-bond donors (Lipinski definition) is 1. The fraction of sp³-hybridized carbons (Fsp3) is 0.125. The van der Waals surface area contributed by atoms with E-state index in [0.717, 1.165) is 5.56 Å². The van der Waals surface area contributed by atoms with Gasteiger partial charge in [-0.25, -0.2) is 18.7 Å². The minimum absolute atomic E-state index is 0.132. The van der Waals surface area contributed by atoms with Crippen molar-refractivity contribution in [1.82, 2.24) is 9.97 Å². The highest BCUT2D eigenvalue weighted by atomic mass is 19.1. The van der Waals surface area contributed by atoms with Crippen molar-refractivity contribution in [2.24, 2.45) is 0 Å². The molecule has 0 fully saturated rings. The smallest absolute Gasteiger partial charge is 0.167 e. The van der Waals surface area contributed by atoms with E-state index in [2.05, 4.69) is 15.3 Å². The maximum atomic E-state index is 13.7. The highest BCUT2D eigenvalue weighted by Gasteiger charge is 2.10. The second-order valence-electron chi connectivity index (χ2n) is 4.71. The molecule has 1 N–H and O–H groups in total. The lowest BCUT2D eigenvalue weighted by Crippen LogP contribution is -2.03. The number of halogens is 2. The Labute approximate surface area is 125 Å². The number of hydrogen-bond acceptors (Lipinski definition) is 4. The van der Waals surface area contributed by atoms with Crippen molar-refractivity contribution in [2.45, 2.75) is 6.54 Å². The molecule has 1 aromatic heterocycles. The van der Waals surface area contributed by atoms with Gasteiger partial charge in [-0.2, -0.15) is 0 Å². The summed E-state index contributed by atoms with van der Waals surface area (Å²) in [6.45, 7) is 0.464. The van der Waals surface area contributed by atoms with Gasteiger partial charge in [0.25, 0.3) is 0 Å². The van der Waals surface area contributed by atoms with E-state index in [4.69, 9.17) is 4.74 Å². The third kappa shape index (κ3) is 2.81. The summed E-state index contributed by atoms with van der Waals surface area (Å²) < 4.78 is 31.6. The van der Waals surface area contributed by atoms with E-state index in [9.17, 15) is 8.78 Å². The van der Waals surface area contributed by atoms with Crippen molar-refractivity contribution < 1.29 is 13.5 Å². The minimum Gasteiger partial charge on any atom is -0.494 e. The van der Waals surface area contributed by atoms with Crippen molar-refractivity contribution in [3.8, 4) is 5.75 Å². The summed E-state index contributed by atoms with van der Waals surface area (Å²) in [7, 11) is 1.40. The summed E-state index contributed by atoms with van der Waals surface area (Å²) in [6.07, 6.45) is 1.36. The highest BCUT2D eigenvalue weighted by Crippen LogP contribution is 2.27. The van der Waals surface area contributed by atoms with Gasteiger partial charge in [0.2, 0.25) is 0 Å². The summed E-state index contributed by atoms with van der Waals surface area (Å²) in [5.74, 6) is -0.0608. The largest absolute Gasteiger partial charge is 0.494 e. The number of nitrogens with one attached hydrogen (secondary N) is 1. The third-order valence-electron chi connectivity index (χ3n) is 3.28. The fourth-order valence-corrected chi connectivity index (χ4v) is 2.14. The van der Waals surface area contributed by atoms with Crippen LogP contribution in [0.4, 0.5) is 14.6 Å². The Morgan fingerprint density at radius 2 is 1.86 bits per heavy atom. The number of rotatable bonds is 4. The molecule has 0 amide bonds. The average Bonchev–Trinajstić information content (AvgIpc) is 2.53. The summed E-state index contributed by atoms with van der Waals surface area (Å²) >= 11 is 0. The molecule has 1 heterocycles. The van der Waals surface area contributed by atoms with Gasteiger partial charge in [0, 0.05) is 18.0 Å². The van der Waals surface area contributed by atoms with Gasteiger partial charge in [-0.1, -0.05) is 12.1 Å². The van der Waals surface area contributed by atoms with Crippen LogP contribution in [0.3, 0.4) is 0 Å². The zero-order chi connectivity index (χ0) is 15.5. The first-order chi connectivity index (χ1) is 10.7. The van der Waals surface area contributed by atoms with Crippen LogP contribution in [0.25, 0.3) is 10.9 Å². The van der Waals surface area contributed by atoms with Crippen molar-refractivity contribution in [2.75, 3.05) is 12.4 Å². The first-order valence-corrected chi connectivity index (χ1v) is 6.64. The standard InChI is InChI=1S/C16H13F2N3O/c1-22-15-6-12-14(7-13(15)18)20-9-21-16(12)19-8-10-2-4-11(17)5-3-10/h2-7,9H,8H2,1H3,(H,19,20,21). The zero-order valence-electron chi connectivity index (χ0n) is 11.8. The number of fused-ring (bicyclic) bond motifs is 1. The predicted molar refractivity (Wildman–Crippen MR) is 79.8 cm³/mol. The summed E-state index contributed by atoms with van der Waals surface area (Å²) in [5.41, 5.74) is 1.39. The lowest BCUT2D eigenvalue weighted by atomic mass is 10.2. The first kappa shape index (κ1) is 14.2. The first-order valence-electron chi connectivity index (χ1n) is 6.64. The topological polar surface area (TPSA) is 47.0 Å². The Bertz CT molecular complexity index is 806. The molecule has 0 radical (unpaired) electrons. The molecule has 0 unspecified atom stereocenters. The molecule has 0 bridgehead atoms. The van der Waals surface area contributed by atoms with Crippen LogP contribution in [-0.2, 0) is 6.54 Å². The van der Waals surface area contributed by atoms with Crippen LogP contribution in [0, 0.1) is 11.6 Å². The van der Waals surface area contributed by atoms with Crippen molar-refractivity contribution in [3.63, 3.8) is 0 Å². The quantitative estimate of drug-likeness (QED) is 0.801. The fourth-order valence-electron chi connectivity index (χ4n) is 2.14. The second-order valence-corrected chi connectivity index (χ2v) is 4.71. The lowest BCUT2D eigenvalue weighted by molar-refractivity contribution is 0.387. The van der Waals surface area contributed by atoms with Gasteiger partial charge >= 0.3 is 0 Å². The van der Waals surface area contributed by atoms with Gasteiger partial charge < -0.3 is 10.1 Å². The van der Waals surface area contributed by atoms with Gasteiger partial charge in [-0.3, -0.25) is 0 Å². The molecule has 22 heavy (non-hydrogen) atoms. The molecule has 3 rings (SSSR count). The molecular formula is C16H13F2N3O. The average molecular weight is 301 g/mol. The SMILES string of the molecule is COc1cc2c(NCc3ccc(F)cc3)ncnc2cc1F. The molecule has 112 valence electrons. The van der Waals surface area contributed by atoms with Crippen molar-refractivity contribution in [3.05, 3.63) is 59.9 Å². The van der Waals surface area contributed by atoms with Crippen LogP contribution in [0.15, 0.2) is 42.7 Å². The van der Waals surface area contributed by atoms with E-state index < -0.39 is 5.82 Å². The summed E-state index contributed by atoms with van der Waals surface area (Å²) in [6, 6.07) is 9.02. The van der Waals surface area contributed by atoms with Crippen LogP contribution in [-0.4, -0.2) is 17.1 Å². The normalized spacial score (nSPS) is 10.7. The van der Waals surface area contributed by atoms with E-state index in [1.165, 1.54) is 31.6 Å². The number of anilines is 1. The van der Waals surface area contributed by atoms with Gasteiger partial charge in [-0.15, -0.1) is 0 Å². The maximum Gasteiger partial charge on any atom is 0.167 e. The van der Waals surface area contributed by atoms with E-state index in [1.54, 1.807) is 18.2 Å². The van der Waals surface area contributed by atoms with E-state index in [0.29, 0.717) is 23.3 Å². The predicted octanol–water partition coefficient (Wildman–Crippen LogP) is 3.53. The monoisotopic (exact) mass is 301 g/mol. The Morgan fingerprint density at radius 1 is 1.09 bits per heavy atom. The van der Waals surface area contributed by atoms with Crippen LogP contribution in [0.5, 0.6) is 5.75 Å². The molecule has 0 aliphatic carbocycles. The Hall–Kier alpha value is -2.76. The van der Waals surface area contributed by atoms with Crippen LogP contribution >= 0.6 is 0 Å². The third-order valence-corrected chi connectivity index (χ3v) is 3.28. The highest BCUT2D eigenvalue weighted by molar-refractivity contribution is 5.90. The zero-order valence-corrected chi connectivity index (χ0v) is 11.8. The molecule has 2 aromatic carbocycles. The molecule has 3 aromatic rings. The molecule has 0 aliphatic rings. The number of methoxy groups -OCH3 is 1. The molecule has 0 spiro atoms. The number of aromatic nitrogens is 2. The van der Waals surface area contributed by atoms with Gasteiger partial charge in [0.1, 0.15) is 18.0 Å². The van der Waals surface area contributed by atoms with Crippen LogP contribution in [0.2, 0.25) is 0 Å². The molecule has 4 nitrogen and oxygen atoms in total. The van der Waals surface area contributed by atoms with Gasteiger partial charge in [-0.05, 0) is 23.8 Å². The minimum atomic E-state index is -0.474. The molecule has 6 heteroatoms. The Morgan fingerprint density at radius 3 is 2.59 bits per heavy atom. The number of ether oxygens (including phenoxy) is 1. The summed E-state index contributed by atoms with van der Waals surface area (Å²) in [4.78, 5) is 8.22.